The van der Waals surface area contributed by atoms with Crippen LogP contribution in [0.5, 0.6) is 0 Å². The van der Waals surface area contributed by atoms with Crippen molar-refractivity contribution in [3.63, 3.8) is 0 Å². The first-order valence-corrected chi connectivity index (χ1v) is 7.80. The van der Waals surface area contributed by atoms with Crippen molar-refractivity contribution in [2.24, 2.45) is 0 Å². The molecule has 112 valence electrons. The third kappa shape index (κ3) is 3.12. The van der Waals surface area contributed by atoms with Crippen LogP contribution < -0.4 is 10.6 Å². The van der Waals surface area contributed by atoms with Crippen molar-refractivity contribution in [1.82, 2.24) is 10.3 Å². The summed E-state index contributed by atoms with van der Waals surface area (Å²) in [4.78, 5) is 28.7. The van der Waals surface area contributed by atoms with Gasteiger partial charge in [-0.25, -0.2) is 0 Å². The molecule has 0 bridgehead atoms. The molecule has 0 spiro atoms. The number of aromatic nitrogens is 1. The van der Waals surface area contributed by atoms with Crippen LogP contribution in [-0.4, -0.2) is 22.0 Å². The Morgan fingerprint density at radius 2 is 2.27 bits per heavy atom. The summed E-state index contributed by atoms with van der Waals surface area (Å²) in [5.41, 5.74) is 2.27. The van der Waals surface area contributed by atoms with Crippen LogP contribution in [0.25, 0.3) is 0 Å². The van der Waals surface area contributed by atoms with Crippen molar-refractivity contribution < 1.29 is 9.59 Å². The Bertz CT molecular complexity index is 719. The number of amides is 2. The van der Waals surface area contributed by atoms with Crippen molar-refractivity contribution in [2.75, 3.05) is 5.32 Å². The summed E-state index contributed by atoms with van der Waals surface area (Å²) in [6.45, 7) is 2.28. The van der Waals surface area contributed by atoms with Gasteiger partial charge in [-0.1, -0.05) is 6.07 Å². The summed E-state index contributed by atoms with van der Waals surface area (Å²) >= 11 is 1.54. The van der Waals surface area contributed by atoms with Gasteiger partial charge < -0.3 is 10.6 Å². The lowest BCUT2D eigenvalue weighted by molar-refractivity contribution is -0.115. The largest absolute Gasteiger partial charge is 0.348 e. The highest BCUT2D eigenvalue weighted by Gasteiger charge is 2.22. The number of hydrogen-bond acceptors (Lipinski definition) is 4. The zero-order valence-electron chi connectivity index (χ0n) is 12.0. The van der Waals surface area contributed by atoms with Gasteiger partial charge in [0.25, 0.3) is 5.91 Å². The van der Waals surface area contributed by atoms with Gasteiger partial charge in [-0.3, -0.25) is 14.6 Å². The van der Waals surface area contributed by atoms with E-state index in [1.807, 2.05) is 25.1 Å². The normalized spacial score (nSPS) is 16.6. The molecule has 2 heterocycles. The second-order valence-corrected chi connectivity index (χ2v) is 6.39. The van der Waals surface area contributed by atoms with E-state index in [9.17, 15) is 9.59 Å². The molecular formula is C16H15N3O2S. The third-order valence-electron chi connectivity index (χ3n) is 3.35. The molecule has 1 aromatic carbocycles. The number of rotatable bonds is 3. The SMILES string of the molecule is CC1Sc2ccc(CNC(=O)c3cccnc3)cc2NC1=O. The summed E-state index contributed by atoms with van der Waals surface area (Å²) in [5.74, 6) is -0.160. The first kappa shape index (κ1) is 14.6. The second kappa shape index (κ2) is 6.19. The molecule has 6 heteroatoms. The Kier molecular flexibility index (Phi) is 4.11. The van der Waals surface area contributed by atoms with E-state index in [1.54, 1.807) is 30.1 Å². The Morgan fingerprint density at radius 1 is 1.41 bits per heavy atom. The van der Waals surface area contributed by atoms with Gasteiger partial charge in [0.15, 0.2) is 0 Å². The maximum atomic E-state index is 12.0. The molecule has 1 atom stereocenters. The number of thioether (sulfide) groups is 1. The zero-order valence-corrected chi connectivity index (χ0v) is 12.8. The van der Waals surface area contributed by atoms with E-state index in [0.717, 1.165) is 16.1 Å². The predicted molar refractivity (Wildman–Crippen MR) is 85.8 cm³/mol. The summed E-state index contributed by atoms with van der Waals surface area (Å²) < 4.78 is 0. The number of anilines is 1. The molecule has 22 heavy (non-hydrogen) atoms. The van der Waals surface area contributed by atoms with Gasteiger partial charge in [0.05, 0.1) is 16.5 Å². The standard InChI is InChI=1S/C16H15N3O2S/c1-10-15(20)19-13-7-11(4-5-14(13)22-10)8-18-16(21)12-3-2-6-17-9-12/h2-7,9-10H,8H2,1H3,(H,18,21)(H,19,20). The van der Waals surface area contributed by atoms with Gasteiger partial charge in [0, 0.05) is 23.8 Å². The van der Waals surface area contributed by atoms with E-state index < -0.39 is 0 Å². The van der Waals surface area contributed by atoms with Gasteiger partial charge in [-0.15, -0.1) is 11.8 Å². The Labute approximate surface area is 132 Å². The van der Waals surface area contributed by atoms with E-state index in [-0.39, 0.29) is 17.1 Å². The number of benzene rings is 1. The van der Waals surface area contributed by atoms with Gasteiger partial charge >= 0.3 is 0 Å². The van der Waals surface area contributed by atoms with Crippen molar-refractivity contribution in [2.45, 2.75) is 23.6 Å². The Balaban J connectivity index is 1.68. The van der Waals surface area contributed by atoms with E-state index in [2.05, 4.69) is 15.6 Å². The van der Waals surface area contributed by atoms with Gasteiger partial charge in [-0.05, 0) is 36.8 Å². The molecule has 0 fully saturated rings. The summed E-state index contributed by atoms with van der Waals surface area (Å²) in [5, 5.41) is 5.65. The van der Waals surface area contributed by atoms with Crippen LogP contribution in [-0.2, 0) is 11.3 Å². The van der Waals surface area contributed by atoms with Crippen LogP contribution >= 0.6 is 11.8 Å². The fourth-order valence-electron chi connectivity index (χ4n) is 2.15. The molecule has 0 aliphatic carbocycles. The molecular weight excluding hydrogens is 298 g/mol. The maximum absolute atomic E-state index is 12.0. The monoisotopic (exact) mass is 313 g/mol. The smallest absolute Gasteiger partial charge is 0.253 e. The van der Waals surface area contributed by atoms with Crippen LogP contribution in [0, 0.1) is 0 Å². The first-order chi connectivity index (χ1) is 10.6. The Morgan fingerprint density at radius 3 is 3.05 bits per heavy atom. The number of nitrogens with one attached hydrogen (secondary N) is 2. The quantitative estimate of drug-likeness (QED) is 0.913. The molecule has 1 aliphatic heterocycles. The van der Waals surface area contributed by atoms with E-state index in [0.29, 0.717) is 12.1 Å². The van der Waals surface area contributed by atoms with Crippen molar-refractivity contribution in [3.8, 4) is 0 Å². The van der Waals surface area contributed by atoms with Crippen molar-refractivity contribution in [3.05, 3.63) is 53.9 Å². The minimum Gasteiger partial charge on any atom is -0.348 e. The Hall–Kier alpha value is -2.34. The number of nitrogens with zero attached hydrogens (tertiary/aromatic N) is 1. The van der Waals surface area contributed by atoms with Gasteiger partial charge in [-0.2, -0.15) is 0 Å². The number of fused-ring (bicyclic) bond motifs is 1. The van der Waals surface area contributed by atoms with E-state index in [1.165, 1.54) is 6.20 Å². The molecule has 0 saturated carbocycles. The molecule has 3 rings (SSSR count). The van der Waals surface area contributed by atoms with Crippen LogP contribution in [0.2, 0.25) is 0 Å². The van der Waals surface area contributed by atoms with Crippen LogP contribution in [0.15, 0.2) is 47.6 Å². The molecule has 0 saturated heterocycles. The number of pyridine rings is 1. The molecule has 1 aromatic heterocycles. The average Bonchev–Trinajstić information content (AvgIpc) is 2.54. The number of carbonyl (C=O) groups excluding carboxylic acids is 2. The van der Waals surface area contributed by atoms with E-state index in [4.69, 9.17) is 0 Å². The minimum atomic E-state index is -0.169. The molecule has 2 amide bonds. The number of hydrogen-bond donors (Lipinski definition) is 2. The van der Waals surface area contributed by atoms with Crippen LogP contribution in [0.4, 0.5) is 5.69 Å². The predicted octanol–water partition coefficient (Wildman–Crippen LogP) is 2.44. The summed E-state index contributed by atoms with van der Waals surface area (Å²) in [7, 11) is 0. The second-order valence-electron chi connectivity index (χ2n) is 5.00. The highest BCUT2D eigenvalue weighted by atomic mass is 32.2. The lowest BCUT2D eigenvalue weighted by Gasteiger charge is -2.21. The van der Waals surface area contributed by atoms with E-state index >= 15 is 0 Å². The number of carbonyl (C=O) groups is 2. The zero-order chi connectivity index (χ0) is 15.5. The highest BCUT2D eigenvalue weighted by Crippen LogP contribution is 2.35. The lowest BCUT2D eigenvalue weighted by Crippen LogP contribution is -2.27. The molecule has 2 aromatic rings. The molecule has 0 radical (unpaired) electrons. The fraction of sp³-hybridized carbons (Fsp3) is 0.188. The fourth-order valence-corrected chi connectivity index (χ4v) is 3.08. The molecule has 1 unspecified atom stereocenters. The van der Waals surface area contributed by atoms with Crippen LogP contribution in [0.3, 0.4) is 0 Å². The van der Waals surface area contributed by atoms with Crippen LogP contribution in [0.1, 0.15) is 22.8 Å². The van der Waals surface area contributed by atoms with Crippen molar-refractivity contribution in [1.29, 1.82) is 0 Å². The first-order valence-electron chi connectivity index (χ1n) is 6.92. The molecule has 1 aliphatic rings. The van der Waals surface area contributed by atoms with Gasteiger partial charge in [0.2, 0.25) is 5.91 Å². The topological polar surface area (TPSA) is 71.1 Å². The molecule has 2 N–H and O–H groups in total. The molecule has 5 nitrogen and oxygen atoms in total. The minimum absolute atomic E-state index is 0.00838. The maximum Gasteiger partial charge on any atom is 0.253 e. The third-order valence-corrected chi connectivity index (χ3v) is 4.53. The van der Waals surface area contributed by atoms with Crippen molar-refractivity contribution >= 4 is 29.3 Å². The summed E-state index contributed by atoms with van der Waals surface area (Å²) in [6, 6.07) is 9.27. The lowest BCUT2D eigenvalue weighted by atomic mass is 10.2. The van der Waals surface area contributed by atoms with Gasteiger partial charge in [0.1, 0.15) is 0 Å². The average molecular weight is 313 g/mol. The summed E-state index contributed by atoms with van der Waals surface area (Å²) in [6.07, 6.45) is 3.15. The highest BCUT2D eigenvalue weighted by molar-refractivity contribution is 8.00.